The van der Waals surface area contributed by atoms with Gasteiger partial charge in [-0.15, -0.1) is 4.83 Å². The predicted octanol–water partition coefficient (Wildman–Crippen LogP) is -0.856. The zero-order valence-electron chi connectivity index (χ0n) is 9.18. The van der Waals surface area contributed by atoms with E-state index in [-0.39, 0.29) is 12.6 Å². The van der Waals surface area contributed by atoms with Gasteiger partial charge >= 0.3 is 0 Å². The van der Waals surface area contributed by atoms with Crippen LogP contribution in [0.15, 0.2) is 0 Å². The van der Waals surface area contributed by atoms with Crippen molar-refractivity contribution >= 4 is 10.2 Å². The Morgan fingerprint density at radius 3 is 2.67 bits per heavy atom. The van der Waals surface area contributed by atoms with Crippen molar-refractivity contribution in [1.29, 1.82) is 0 Å². The van der Waals surface area contributed by atoms with Crippen LogP contribution in [0.4, 0.5) is 0 Å². The first-order valence-corrected chi connectivity index (χ1v) is 6.49. The van der Waals surface area contributed by atoms with Crippen LogP contribution in [0, 0.1) is 0 Å². The molecule has 0 amide bonds. The van der Waals surface area contributed by atoms with E-state index >= 15 is 0 Å². The van der Waals surface area contributed by atoms with Gasteiger partial charge in [0.05, 0.1) is 6.61 Å². The monoisotopic (exact) mass is 237 g/mol. The molecule has 1 heterocycles. The maximum absolute atomic E-state index is 11.8. The van der Waals surface area contributed by atoms with Crippen molar-refractivity contribution in [3.05, 3.63) is 0 Å². The Morgan fingerprint density at radius 2 is 2.13 bits per heavy atom. The normalized spacial score (nSPS) is 24.7. The second-order valence-electron chi connectivity index (χ2n) is 3.93. The molecule has 0 aromatic rings. The molecule has 1 fully saturated rings. The molecule has 1 atom stereocenters. The first-order chi connectivity index (χ1) is 6.97. The minimum Gasteiger partial charge on any atom is -0.395 e. The SMILES string of the molecule is CN(C)NS(=O)(=O)N1CCCCC1CO. The van der Waals surface area contributed by atoms with Crippen LogP contribution < -0.4 is 4.83 Å². The number of nitrogens with zero attached hydrogens (tertiary/aromatic N) is 2. The number of aliphatic hydroxyl groups is 1. The molecule has 90 valence electrons. The summed E-state index contributed by atoms with van der Waals surface area (Å²) in [6.45, 7) is 0.364. The Bertz CT molecular complexity index is 292. The molecule has 0 saturated carbocycles. The van der Waals surface area contributed by atoms with Crippen LogP contribution in [0.25, 0.3) is 0 Å². The molecule has 1 saturated heterocycles. The Hall–Kier alpha value is -0.210. The molecule has 1 aliphatic heterocycles. The Morgan fingerprint density at radius 1 is 1.47 bits per heavy atom. The lowest BCUT2D eigenvalue weighted by atomic mass is 10.1. The topological polar surface area (TPSA) is 72.9 Å². The third kappa shape index (κ3) is 3.39. The molecule has 0 spiro atoms. The second kappa shape index (κ2) is 5.22. The van der Waals surface area contributed by atoms with E-state index in [2.05, 4.69) is 4.83 Å². The minimum atomic E-state index is -3.49. The average molecular weight is 237 g/mol. The summed E-state index contributed by atoms with van der Waals surface area (Å²) in [6, 6.07) is -0.281. The van der Waals surface area contributed by atoms with E-state index in [1.807, 2.05) is 0 Å². The van der Waals surface area contributed by atoms with Gasteiger partial charge in [-0.1, -0.05) is 6.42 Å². The standard InChI is InChI=1S/C8H19N3O3S/c1-10(2)9-15(13,14)11-6-4-3-5-8(11)7-12/h8-9,12H,3-7H2,1-2H3. The number of hydrogen-bond donors (Lipinski definition) is 2. The summed E-state index contributed by atoms with van der Waals surface area (Å²) in [6.07, 6.45) is 2.55. The summed E-state index contributed by atoms with van der Waals surface area (Å²) in [5.74, 6) is 0. The van der Waals surface area contributed by atoms with Crippen LogP contribution in [-0.4, -0.2) is 56.1 Å². The number of nitrogens with one attached hydrogen (secondary N) is 1. The quantitative estimate of drug-likeness (QED) is 0.624. The van der Waals surface area contributed by atoms with Gasteiger partial charge in [0, 0.05) is 26.7 Å². The molecule has 15 heavy (non-hydrogen) atoms. The molecule has 0 radical (unpaired) electrons. The predicted molar refractivity (Wildman–Crippen MR) is 57.2 cm³/mol. The highest BCUT2D eigenvalue weighted by molar-refractivity contribution is 7.87. The summed E-state index contributed by atoms with van der Waals surface area (Å²) < 4.78 is 25.0. The largest absolute Gasteiger partial charge is 0.395 e. The number of rotatable bonds is 4. The molecule has 0 aliphatic carbocycles. The fraction of sp³-hybridized carbons (Fsp3) is 1.00. The highest BCUT2D eigenvalue weighted by atomic mass is 32.2. The fourth-order valence-electron chi connectivity index (χ4n) is 1.76. The zero-order valence-corrected chi connectivity index (χ0v) is 10.00. The first kappa shape index (κ1) is 12.9. The number of aliphatic hydroxyl groups excluding tert-OH is 1. The van der Waals surface area contributed by atoms with Crippen molar-refractivity contribution in [2.75, 3.05) is 27.2 Å². The summed E-state index contributed by atoms with van der Waals surface area (Å²) in [4.78, 5) is 2.37. The van der Waals surface area contributed by atoms with E-state index in [0.29, 0.717) is 6.54 Å². The van der Waals surface area contributed by atoms with E-state index < -0.39 is 10.2 Å². The summed E-state index contributed by atoms with van der Waals surface area (Å²) in [7, 11) is -0.254. The van der Waals surface area contributed by atoms with Gasteiger partial charge in [-0.25, -0.2) is 5.01 Å². The van der Waals surface area contributed by atoms with E-state index in [0.717, 1.165) is 19.3 Å². The van der Waals surface area contributed by atoms with E-state index in [1.54, 1.807) is 14.1 Å². The molecule has 0 aromatic carbocycles. The van der Waals surface area contributed by atoms with Crippen molar-refractivity contribution in [3.8, 4) is 0 Å². The van der Waals surface area contributed by atoms with E-state index in [9.17, 15) is 8.42 Å². The van der Waals surface area contributed by atoms with Crippen LogP contribution in [0.2, 0.25) is 0 Å². The molecule has 2 N–H and O–H groups in total. The number of hydrogen-bond acceptors (Lipinski definition) is 4. The van der Waals surface area contributed by atoms with Crippen LogP contribution in [0.3, 0.4) is 0 Å². The van der Waals surface area contributed by atoms with Gasteiger partial charge in [-0.2, -0.15) is 12.7 Å². The summed E-state index contributed by atoms with van der Waals surface area (Å²) >= 11 is 0. The summed E-state index contributed by atoms with van der Waals surface area (Å²) in [5.41, 5.74) is 0. The first-order valence-electron chi connectivity index (χ1n) is 5.05. The third-order valence-electron chi connectivity index (χ3n) is 2.39. The van der Waals surface area contributed by atoms with Crippen LogP contribution >= 0.6 is 0 Å². The Labute approximate surface area is 91.0 Å². The summed E-state index contributed by atoms with van der Waals surface area (Å²) in [5, 5.41) is 10.5. The molecular formula is C8H19N3O3S. The third-order valence-corrected chi connectivity index (χ3v) is 4.08. The van der Waals surface area contributed by atoms with Crippen molar-refractivity contribution in [2.45, 2.75) is 25.3 Å². The van der Waals surface area contributed by atoms with Crippen molar-refractivity contribution < 1.29 is 13.5 Å². The van der Waals surface area contributed by atoms with Gasteiger partial charge in [-0.05, 0) is 12.8 Å². The van der Waals surface area contributed by atoms with Crippen LogP contribution in [0.5, 0.6) is 0 Å². The lowest BCUT2D eigenvalue weighted by Gasteiger charge is -2.34. The second-order valence-corrected chi connectivity index (χ2v) is 5.54. The zero-order chi connectivity index (χ0) is 11.5. The maximum atomic E-state index is 11.8. The minimum absolute atomic E-state index is 0.117. The van der Waals surface area contributed by atoms with Gasteiger partial charge in [0.1, 0.15) is 0 Å². The van der Waals surface area contributed by atoms with Gasteiger partial charge in [0.15, 0.2) is 0 Å². The molecule has 0 aromatic heterocycles. The van der Waals surface area contributed by atoms with Gasteiger partial charge in [0.2, 0.25) is 0 Å². The fourth-order valence-corrected chi connectivity index (χ4v) is 3.26. The highest BCUT2D eigenvalue weighted by Gasteiger charge is 2.31. The van der Waals surface area contributed by atoms with Gasteiger partial charge in [-0.3, -0.25) is 0 Å². The molecule has 1 aliphatic rings. The number of hydrazine groups is 1. The molecule has 7 heteroatoms. The molecule has 1 unspecified atom stereocenters. The van der Waals surface area contributed by atoms with E-state index in [1.165, 1.54) is 9.31 Å². The molecule has 0 bridgehead atoms. The smallest absolute Gasteiger partial charge is 0.292 e. The van der Waals surface area contributed by atoms with Gasteiger partial charge in [0.25, 0.3) is 10.2 Å². The lowest BCUT2D eigenvalue weighted by molar-refractivity contribution is 0.150. The van der Waals surface area contributed by atoms with E-state index in [4.69, 9.17) is 5.11 Å². The van der Waals surface area contributed by atoms with Crippen LogP contribution in [-0.2, 0) is 10.2 Å². The molecule has 1 rings (SSSR count). The van der Waals surface area contributed by atoms with Gasteiger partial charge < -0.3 is 5.11 Å². The van der Waals surface area contributed by atoms with Crippen molar-refractivity contribution in [3.63, 3.8) is 0 Å². The van der Waals surface area contributed by atoms with Crippen molar-refractivity contribution in [1.82, 2.24) is 14.1 Å². The molecular weight excluding hydrogens is 218 g/mol. The maximum Gasteiger partial charge on any atom is 0.292 e. The van der Waals surface area contributed by atoms with Crippen molar-refractivity contribution in [2.24, 2.45) is 0 Å². The number of piperidine rings is 1. The average Bonchev–Trinajstić information content (AvgIpc) is 2.16. The Balaban J connectivity index is 2.74. The molecule has 6 nitrogen and oxygen atoms in total. The lowest BCUT2D eigenvalue weighted by Crippen LogP contribution is -2.53. The van der Waals surface area contributed by atoms with Crippen LogP contribution in [0.1, 0.15) is 19.3 Å². The highest BCUT2D eigenvalue weighted by Crippen LogP contribution is 2.19. The Kier molecular flexibility index (Phi) is 4.47.